The van der Waals surface area contributed by atoms with Crippen LogP contribution in [0.5, 0.6) is 5.75 Å². The van der Waals surface area contributed by atoms with Crippen molar-refractivity contribution in [2.45, 2.75) is 72.2 Å². The maximum absolute atomic E-state index is 13.5. The number of hydrogen-bond donors (Lipinski definition) is 2. The summed E-state index contributed by atoms with van der Waals surface area (Å²) in [5.41, 5.74) is 2.75. The fourth-order valence-electron chi connectivity index (χ4n) is 5.46. The molecular formula is C30H42N4O3. The summed E-state index contributed by atoms with van der Waals surface area (Å²) < 4.78 is 6.38. The number of carbonyl (C=O) groups excluding carboxylic acids is 2. The highest BCUT2D eigenvalue weighted by molar-refractivity contribution is 6.03. The van der Waals surface area contributed by atoms with Crippen molar-refractivity contribution in [3.8, 4) is 5.75 Å². The van der Waals surface area contributed by atoms with Crippen molar-refractivity contribution in [1.82, 2.24) is 20.4 Å². The Morgan fingerprint density at radius 1 is 1.05 bits per heavy atom. The lowest BCUT2D eigenvalue weighted by Gasteiger charge is -2.53. The molecule has 0 bridgehead atoms. The minimum absolute atomic E-state index is 0.158. The molecule has 0 saturated carbocycles. The lowest BCUT2D eigenvalue weighted by atomic mass is 9.72. The number of likely N-dealkylation sites (tertiary alicyclic amines) is 1. The Morgan fingerprint density at radius 2 is 1.70 bits per heavy atom. The van der Waals surface area contributed by atoms with Gasteiger partial charge in [-0.25, -0.2) is 9.69 Å². The summed E-state index contributed by atoms with van der Waals surface area (Å²) in [5, 5.41) is 6.50. The topological polar surface area (TPSA) is 73.9 Å². The molecule has 0 unspecified atom stereocenters. The van der Waals surface area contributed by atoms with Crippen molar-refractivity contribution in [3.63, 3.8) is 0 Å². The molecule has 7 heteroatoms. The lowest BCUT2D eigenvalue weighted by Crippen LogP contribution is -2.73. The third-order valence-electron chi connectivity index (χ3n) is 7.97. The number of ether oxygens (including phenoxy) is 1. The number of β-lactam (4-membered cyclic amide) rings is 1. The molecule has 2 fully saturated rings. The van der Waals surface area contributed by atoms with Gasteiger partial charge in [-0.1, -0.05) is 69.2 Å². The SMILES string of the molecule is CCC[C@@H](NC(=O)N1C(=O)C(CC)(CC)[C@@H]1Oc1ccc(CN2CCNCC2)cc1)c1ccc(C)cc1. The molecule has 0 spiro atoms. The Hall–Kier alpha value is -2.90. The van der Waals surface area contributed by atoms with Crippen molar-refractivity contribution in [1.29, 1.82) is 0 Å². The molecule has 2 aliphatic rings. The van der Waals surface area contributed by atoms with Gasteiger partial charge in [-0.05, 0) is 49.4 Å². The molecule has 0 aliphatic carbocycles. The van der Waals surface area contributed by atoms with E-state index in [1.54, 1.807) is 0 Å². The zero-order chi connectivity index (χ0) is 26.4. The number of nitrogens with one attached hydrogen (secondary N) is 2. The van der Waals surface area contributed by atoms with Gasteiger partial charge in [0.25, 0.3) is 0 Å². The Morgan fingerprint density at radius 3 is 2.30 bits per heavy atom. The molecule has 3 amide bonds. The predicted octanol–water partition coefficient (Wildman–Crippen LogP) is 5.00. The van der Waals surface area contributed by atoms with E-state index >= 15 is 0 Å². The van der Waals surface area contributed by atoms with Crippen LogP contribution in [0.25, 0.3) is 0 Å². The Kier molecular flexibility index (Phi) is 8.87. The third kappa shape index (κ3) is 5.83. The average molecular weight is 507 g/mol. The van der Waals surface area contributed by atoms with E-state index < -0.39 is 11.6 Å². The van der Waals surface area contributed by atoms with E-state index in [-0.39, 0.29) is 18.0 Å². The molecule has 2 N–H and O–H groups in total. The largest absolute Gasteiger partial charge is 0.469 e. The minimum atomic E-state index is -0.694. The number of aryl methyl sites for hydroxylation is 1. The number of nitrogens with zero attached hydrogens (tertiary/aromatic N) is 2. The van der Waals surface area contributed by atoms with Crippen LogP contribution in [0, 0.1) is 12.3 Å². The second-order valence-electron chi connectivity index (χ2n) is 10.4. The zero-order valence-corrected chi connectivity index (χ0v) is 22.8. The molecule has 2 aromatic rings. The van der Waals surface area contributed by atoms with Crippen molar-refractivity contribution in [3.05, 3.63) is 65.2 Å². The highest BCUT2D eigenvalue weighted by Gasteiger charge is 2.63. The predicted molar refractivity (Wildman–Crippen MR) is 146 cm³/mol. The fourth-order valence-corrected chi connectivity index (χ4v) is 5.46. The van der Waals surface area contributed by atoms with E-state index in [9.17, 15) is 9.59 Å². The summed E-state index contributed by atoms with van der Waals surface area (Å²) in [6.07, 6.45) is 2.32. The number of urea groups is 1. The van der Waals surface area contributed by atoms with Crippen LogP contribution in [-0.2, 0) is 11.3 Å². The molecular weight excluding hydrogens is 464 g/mol. The average Bonchev–Trinajstić information content (AvgIpc) is 2.91. The molecule has 0 aromatic heterocycles. The second-order valence-corrected chi connectivity index (χ2v) is 10.4. The van der Waals surface area contributed by atoms with Crippen molar-refractivity contribution >= 4 is 11.9 Å². The van der Waals surface area contributed by atoms with Gasteiger partial charge in [0.15, 0.2) is 6.23 Å². The highest BCUT2D eigenvalue weighted by Crippen LogP contribution is 2.46. The van der Waals surface area contributed by atoms with Crippen LogP contribution in [0.2, 0.25) is 0 Å². The number of piperazine rings is 1. The minimum Gasteiger partial charge on any atom is -0.469 e. The lowest BCUT2D eigenvalue weighted by molar-refractivity contribution is -0.191. The van der Waals surface area contributed by atoms with Crippen LogP contribution < -0.4 is 15.4 Å². The van der Waals surface area contributed by atoms with Crippen LogP contribution in [0.15, 0.2) is 48.5 Å². The van der Waals surface area contributed by atoms with Gasteiger partial charge in [-0.2, -0.15) is 0 Å². The molecule has 2 atom stereocenters. The first kappa shape index (κ1) is 27.1. The first-order chi connectivity index (χ1) is 17.9. The Bertz CT molecular complexity index is 1040. The maximum Gasteiger partial charge on any atom is 0.327 e. The van der Waals surface area contributed by atoms with Gasteiger partial charge in [0.05, 0.1) is 6.04 Å². The van der Waals surface area contributed by atoms with Crippen LogP contribution in [0.1, 0.15) is 69.2 Å². The van der Waals surface area contributed by atoms with Crippen LogP contribution in [-0.4, -0.2) is 54.1 Å². The molecule has 2 aliphatic heterocycles. The van der Waals surface area contributed by atoms with E-state index in [1.807, 2.05) is 45.0 Å². The molecule has 2 heterocycles. The molecule has 7 nitrogen and oxygen atoms in total. The quantitative estimate of drug-likeness (QED) is 0.444. The smallest absolute Gasteiger partial charge is 0.327 e. The van der Waals surface area contributed by atoms with Crippen molar-refractivity contribution < 1.29 is 14.3 Å². The van der Waals surface area contributed by atoms with Gasteiger partial charge in [-0.15, -0.1) is 0 Å². The Labute approximate surface area is 221 Å². The molecule has 2 saturated heterocycles. The maximum atomic E-state index is 13.5. The summed E-state index contributed by atoms with van der Waals surface area (Å²) in [6, 6.07) is 15.7. The number of imide groups is 1. The monoisotopic (exact) mass is 506 g/mol. The van der Waals surface area contributed by atoms with Gasteiger partial charge in [-0.3, -0.25) is 9.69 Å². The normalized spacial score (nSPS) is 20.3. The van der Waals surface area contributed by atoms with E-state index in [2.05, 4.69) is 46.7 Å². The summed E-state index contributed by atoms with van der Waals surface area (Å²) in [6.45, 7) is 13.2. The van der Waals surface area contributed by atoms with E-state index in [0.29, 0.717) is 18.6 Å². The van der Waals surface area contributed by atoms with Gasteiger partial charge >= 0.3 is 6.03 Å². The zero-order valence-electron chi connectivity index (χ0n) is 22.8. The molecule has 200 valence electrons. The van der Waals surface area contributed by atoms with Gasteiger partial charge in [0.2, 0.25) is 5.91 Å². The summed E-state index contributed by atoms with van der Waals surface area (Å²) in [5.74, 6) is 0.517. The summed E-state index contributed by atoms with van der Waals surface area (Å²) in [4.78, 5) is 30.5. The Balaban J connectivity index is 1.48. The first-order valence-electron chi connectivity index (χ1n) is 13.8. The molecule has 2 aromatic carbocycles. The van der Waals surface area contributed by atoms with Crippen molar-refractivity contribution in [2.24, 2.45) is 5.41 Å². The summed E-state index contributed by atoms with van der Waals surface area (Å²) >= 11 is 0. The number of carbonyl (C=O) groups is 2. The van der Waals surface area contributed by atoms with Crippen LogP contribution >= 0.6 is 0 Å². The highest BCUT2D eigenvalue weighted by atomic mass is 16.5. The summed E-state index contributed by atoms with van der Waals surface area (Å²) in [7, 11) is 0. The molecule has 37 heavy (non-hydrogen) atoms. The van der Waals surface area contributed by atoms with Crippen molar-refractivity contribution in [2.75, 3.05) is 26.2 Å². The standard InChI is InChI=1S/C30H42N4O3/c1-5-8-26(24-13-9-22(4)10-14-24)32-29(36)34-27(35)30(6-2,7-3)28(34)37-25-15-11-23(12-16-25)21-33-19-17-31-18-20-33/h9-16,26,28,31H,5-8,17-21H2,1-4H3,(H,32,36)/t26-,28+/m1/s1. The number of rotatable bonds is 10. The molecule has 0 radical (unpaired) electrons. The van der Waals surface area contributed by atoms with E-state index in [1.165, 1.54) is 16.0 Å². The number of benzene rings is 2. The number of hydrogen-bond acceptors (Lipinski definition) is 5. The van der Waals surface area contributed by atoms with Gasteiger partial charge in [0, 0.05) is 32.7 Å². The molecule has 4 rings (SSSR count). The van der Waals surface area contributed by atoms with E-state index in [4.69, 9.17) is 4.74 Å². The fraction of sp³-hybridized carbons (Fsp3) is 0.533. The van der Waals surface area contributed by atoms with Crippen LogP contribution in [0.3, 0.4) is 0 Å². The second kappa shape index (κ2) is 12.1. The van der Waals surface area contributed by atoms with Gasteiger partial charge in [0.1, 0.15) is 11.2 Å². The first-order valence-corrected chi connectivity index (χ1v) is 13.8. The van der Waals surface area contributed by atoms with E-state index in [0.717, 1.165) is 51.1 Å². The third-order valence-corrected chi connectivity index (χ3v) is 7.97. The van der Waals surface area contributed by atoms with Crippen LogP contribution in [0.4, 0.5) is 4.79 Å². The van der Waals surface area contributed by atoms with Gasteiger partial charge < -0.3 is 15.4 Å². The number of amides is 3.